The minimum absolute atomic E-state index is 0.176. The van der Waals surface area contributed by atoms with Crippen LogP contribution in [0.5, 0.6) is 0 Å². The van der Waals surface area contributed by atoms with Gasteiger partial charge in [-0.25, -0.2) is 0 Å². The van der Waals surface area contributed by atoms with Gasteiger partial charge in [-0.2, -0.15) is 0 Å². The van der Waals surface area contributed by atoms with Crippen LogP contribution in [0.4, 0.5) is 0 Å². The lowest BCUT2D eigenvalue weighted by atomic mass is 9.88. The van der Waals surface area contributed by atoms with Crippen molar-refractivity contribution in [3.63, 3.8) is 0 Å². The lowest BCUT2D eigenvalue weighted by Crippen LogP contribution is -2.52. The third-order valence-corrected chi connectivity index (χ3v) is 4.25. The summed E-state index contributed by atoms with van der Waals surface area (Å²) in [5, 5.41) is 0. The second-order valence-corrected chi connectivity index (χ2v) is 5.50. The lowest BCUT2D eigenvalue weighted by molar-refractivity contribution is -0.119. The van der Waals surface area contributed by atoms with Crippen molar-refractivity contribution in [2.75, 3.05) is 19.7 Å². The largest absolute Gasteiger partial charge is 0.375 e. The molecule has 1 saturated carbocycles. The van der Waals surface area contributed by atoms with Crippen LogP contribution in [0, 0.1) is 5.41 Å². The van der Waals surface area contributed by atoms with Gasteiger partial charge in [-0.15, -0.1) is 0 Å². The Bertz CT molecular complexity index is 256. The van der Waals surface area contributed by atoms with E-state index in [4.69, 9.17) is 4.74 Å². The highest BCUT2D eigenvalue weighted by atomic mass is 16.5. The topological polar surface area (TPSA) is 29.5 Å². The maximum Gasteiger partial charge on any atom is 0.127 e. The molecule has 0 radical (unpaired) electrons. The lowest BCUT2D eigenvalue weighted by Gasteiger charge is -2.41. The van der Waals surface area contributed by atoms with E-state index >= 15 is 0 Å². The summed E-state index contributed by atoms with van der Waals surface area (Å²) in [6.07, 6.45) is 6.20. The number of ether oxygens (including phenoxy) is 1. The van der Waals surface area contributed by atoms with Crippen LogP contribution in [0.3, 0.4) is 0 Å². The minimum atomic E-state index is -0.176. The molecule has 3 heteroatoms. The number of aldehydes is 1. The van der Waals surface area contributed by atoms with Crippen LogP contribution in [0.15, 0.2) is 0 Å². The molecule has 1 aliphatic heterocycles. The smallest absolute Gasteiger partial charge is 0.127 e. The second-order valence-electron chi connectivity index (χ2n) is 5.50. The van der Waals surface area contributed by atoms with Crippen molar-refractivity contribution in [3.05, 3.63) is 0 Å². The fourth-order valence-electron chi connectivity index (χ4n) is 2.90. The van der Waals surface area contributed by atoms with E-state index in [1.807, 2.05) is 0 Å². The minimum Gasteiger partial charge on any atom is -0.375 e. The van der Waals surface area contributed by atoms with E-state index in [0.717, 1.165) is 32.4 Å². The maximum atomic E-state index is 11.2. The first kappa shape index (κ1) is 12.1. The quantitative estimate of drug-likeness (QED) is 0.684. The summed E-state index contributed by atoms with van der Waals surface area (Å²) >= 11 is 0. The molecule has 3 nitrogen and oxygen atoms in total. The van der Waals surface area contributed by atoms with E-state index < -0.39 is 0 Å². The zero-order valence-electron chi connectivity index (χ0n) is 10.4. The molecular weight excluding hydrogens is 202 g/mol. The monoisotopic (exact) mass is 225 g/mol. The number of morpholine rings is 1. The molecule has 1 heterocycles. The van der Waals surface area contributed by atoms with Crippen LogP contribution in [0.2, 0.25) is 0 Å². The summed E-state index contributed by atoms with van der Waals surface area (Å²) in [7, 11) is 0. The van der Waals surface area contributed by atoms with Gasteiger partial charge in [0, 0.05) is 24.5 Å². The van der Waals surface area contributed by atoms with Gasteiger partial charge in [-0.3, -0.25) is 4.90 Å². The molecule has 2 fully saturated rings. The fourth-order valence-corrected chi connectivity index (χ4v) is 2.90. The van der Waals surface area contributed by atoms with E-state index in [0.29, 0.717) is 12.1 Å². The highest BCUT2D eigenvalue weighted by Crippen LogP contribution is 2.32. The molecule has 0 aromatic carbocycles. The molecule has 0 aromatic rings. The highest BCUT2D eigenvalue weighted by molar-refractivity contribution is 5.58. The summed E-state index contributed by atoms with van der Waals surface area (Å²) < 4.78 is 5.78. The first-order valence-corrected chi connectivity index (χ1v) is 6.50. The fraction of sp³-hybridized carbons (Fsp3) is 0.923. The van der Waals surface area contributed by atoms with Crippen LogP contribution >= 0.6 is 0 Å². The number of carbonyl (C=O) groups excluding carboxylic acids is 1. The molecule has 1 saturated heterocycles. The Kier molecular flexibility index (Phi) is 3.65. The average molecular weight is 225 g/mol. The molecule has 1 aliphatic carbocycles. The standard InChI is InChI=1S/C13H23NO2/c1-3-13(2,10-15)9-14-7-8-16-12-6-4-5-11(12)14/h10-12H,3-9H2,1-2H3. The zero-order chi connectivity index (χ0) is 11.6. The predicted molar refractivity (Wildman–Crippen MR) is 63.4 cm³/mol. The molecule has 0 amide bonds. The van der Waals surface area contributed by atoms with Gasteiger partial charge in [-0.1, -0.05) is 13.8 Å². The first-order chi connectivity index (χ1) is 7.68. The van der Waals surface area contributed by atoms with Crippen molar-refractivity contribution in [2.45, 2.75) is 51.7 Å². The van der Waals surface area contributed by atoms with Gasteiger partial charge in [0.1, 0.15) is 6.29 Å². The molecule has 0 aromatic heterocycles. The molecule has 2 aliphatic rings. The summed E-state index contributed by atoms with van der Waals surface area (Å²) in [4.78, 5) is 13.7. The summed E-state index contributed by atoms with van der Waals surface area (Å²) in [5.41, 5.74) is -0.176. The van der Waals surface area contributed by atoms with Crippen molar-refractivity contribution >= 4 is 6.29 Å². The van der Waals surface area contributed by atoms with Gasteiger partial charge in [-0.05, 0) is 25.7 Å². The Balaban J connectivity index is 2.00. The van der Waals surface area contributed by atoms with Gasteiger partial charge in [0.05, 0.1) is 12.7 Å². The Labute approximate surface area is 98.1 Å². The molecule has 16 heavy (non-hydrogen) atoms. The average Bonchev–Trinajstić information content (AvgIpc) is 2.78. The normalized spacial score (nSPS) is 34.4. The van der Waals surface area contributed by atoms with E-state index in [-0.39, 0.29) is 5.41 Å². The number of hydrogen-bond donors (Lipinski definition) is 0. The molecular formula is C13H23NO2. The van der Waals surface area contributed by atoms with Crippen molar-refractivity contribution in [1.29, 1.82) is 0 Å². The Morgan fingerprint density at radius 3 is 3.00 bits per heavy atom. The molecule has 0 bridgehead atoms. The Morgan fingerprint density at radius 1 is 1.50 bits per heavy atom. The Morgan fingerprint density at radius 2 is 2.31 bits per heavy atom. The summed E-state index contributed by atoms with van der Waals surface area (Å²) in [6.45, 7) is 6.89. The van der Waals surface area contributed by atoms with Crippen LogP contribution in [0.25, 0.3) is 0 Å². The molecule has 3 unspecified atom stereocenters. The summed E-state index contributed by atoms with van der Waals surface area (Å²) in [5.74, 6) is 0. The van der Waals surface area contributed by atoms with E-state index in [2.05, 4.69) is 18.7 Å². The predicted octanol–water partition coefficient (Wildman–Crippen LogP) is 1.85. The molecule has 92 valence electrons. The van der Waals surface area contributed by atoms with Gasteiger partial charge >= 0.3 is 0 Å². The van der Waals surface area contributed by atoms with Gasteiger partial charge in [0.25, 0.3) is 0 Å². The SMILES string of the molecule is CCC(C)(C=O)CN1CCOC2CCCC21. The third-order valence-electron chi connectivity index (χ3n) is 4.25. The number of rotatable bonds is 4. The third kappa shape index (κ3) is 2.30. The number of fused-ring (bicyclic) bond motifs is 1. The molecule has 3 atom stereocenters. The van der Waals surface area contributed by atoms with Crippen LogP contribution in [0.1, 0.15) is 39.5 Å². The number of carbonyl (C=O) groups is 1. The van der Waals surface area contributed by atoms with E-state index in [9.17, 15) is 4.79 Å². The van der Waals surface area contributed by atoms with Gasteiger partial charge < -0.3 is 9.53 Å². The van der Waals surface area contributed by atoms with E-state index in [1.54, 1.807) is 0 Å². The van der Waals surface area contributed by atoms with Crippen molar-refractivity contribution < 1.29 is 9.53 Å². The number of nitrogens with zero attached hydrogens (tertiary/aromatic N) is 1. The Hall–Kier alpha value is -0.410. The van der Waals surface area contributed by atoms with Crippen LogP contribution in [-0.4, -0.2) is 43.0 Å². The first-order valence-electron chi connectivity index (χ1n) is 6.50. The second kappa shape index (κ2) is 4.84. The van der Waals surface area contributed by atoms with Gasteiger partial charge in [0.15, 0.2) is 0 Å². The van der Waals surface area contributed by atoms with Gasteiger partial charge in [0.2, 0.25) is 0 Å². The number of hydrogen-bond acceptors (Lipinski definition) is 3. The molecule has 2 rings (SSSR count). The summed E-state index contributed by atoms with van der Waals surface area (Å²) in [6, 6.07) is 0.569. The molecule has 0 spiro atoms. The van der Waals surface area contributed by atoms with Crippen LogP contribution < -0.4 is 0 Å². The highest BCUT2D eigenvalue weighted by Gasteiger charge is 2.38. The van der Waals surface area contributed by atoms with Crippen LogP contribution in [-0.2, 0) is 9.53 Å². The zero-order valence-corrected chi connectivity index (χ0v) is 10.4. The molecule has 0 N–H and O–H groups in total. The van der Waals surface area contributed by atoms with Crippen molar-refractivity contribution in [3.8, 4) is 0 Å². The van der Waals surface area contributed by atoms with Crippen molar-refractivity contribution in [1.82, 2.24) is 4.90 Å². The van der Waals surface area contributed by atoms with E-state index in [1.165, 1.54) is 19.3 Å². The maximum absolute atomic E-state index is 11.2. The van der Waals surface area contributed by atoms with Crippen molar-refractivity contribution in [2.24, 2.45) is 5.41 Å².